The zero-order valence-electron chi connectivity index (χ0n) is 9.55. The van der Waals surface area contributed by atoms with Crippen LogP contribution in [-0.2, 0) is 5.88 Å². The molecule has 88 valence electrons. The maximum atomic E-state index is 13.8. The SMILES string of the molecule is CC1CCCN(c2ccc(CCl)cc2F)C1. The zero-order valence-corrected chi connectivity index (χ0v) is 10.3. The van der Waals surface area contributed by atoms with Gasteiger partial charge in [0, 0.05) is 19.0 Å². The third-order valence-corrected chi connectivity index (χ3v) is 3.47. The van der Waals surface area contributed by atoms with Crippen molar-refractivity contribution in [3.8, 4) is 0 Å². The summed E-state index contributed by atoms with van der Waals surface area (Å²) >= 11 is 5.68. The van der Waals surface area contributed by atoms with E-state index in [1.165, 1.54) is 6.42 Å². The van der Waals surface area contributed by atoms with Gasteiger partial charge in [-0.15, -0.1) is 11.6 Å². The third kappa shape index (κ3) is 2.49. The molecule has 0 amide bonds. The second-order valence-electron chi connectivity index (χ2n) is 4.61. The Labute approximate surface area is 101 Å². The van der Waals surface area contributed by atoms with E-state index in [0.717, 1.165) is 30.8 Å². The molecule has 1 saturated heterocycles. The van der Waals surface area contributed by atoms with Crippen molar-refractivity contribution in [2.24, 2.45) is 5.92 Å². The molecule has 0 aliphatic carbocycles. The van der Waals surface area contributed by atoms with Crippen LogP contribution in [0.5, 0.6) is 0 Å². The summed E-state index contributed by atoms with van der Waals surface area (Å²) in [6.07, 6.45) is 2.40. The zero-order chi connectivity index (χ0) is 11.5. The van der Waals surface area contributed by atoms with Gasteiger partial charge in [-0.3, -0.25) is 0 Å². The maximum Gasteiger partial charge on any atom is 0.146 e. The van der Waals surface area contributed by atoms with Crippen molar-refractivity contribution in [2.75, 3.05) is 18.0 Å². The number of piperidine rings is 1. The molecule has 0 N–H and O–H groups in total. The summed E-state index contributed by atoms with van der Waals surface area (Å²) in [6, 6.07) is 5.30. The molecule has 0 bridgehead atoms. The molecule has 0 aromatic heterocycles. The van der Waals surface area contributed by atoms with E-state index < -0.39 is 0 Å². The smallest absolute Gasteiger partial charge is 0.146 e. The molecule has 0 radical (unpaired) electrons. The summed E-state index contributed by atoms with van der Waals surface area (Å²) in [6.45, 7) is 4.13. The molecule has 16 heavy (non-hydrogen) atoms. The van der Waals surface area contributed by atoms with Crippen molar-refractivity contribution >= 4 is 17.3 Å². The summed E-state index contributed by atoms with van der Waals surface area (Å²) in [5.74, 6) is 0.876. The first-order valence-electron chi connectivity index (χ1n) is 5.80. The minimum absolute atomic E-state index is 0.146. The van der Waals surface area contributed by atoms with E-state index in [-0.39, 0.29) is 5.82 Å². The molecule has 1 aromatic carbocycles. The minimum Gasteiger partial charge on any atom is -0.369 e. The van der Waals surface area contributed by atoms with E-state index in [1.54, 1.807) is 6.07 Å². The Balaban J connectivity index is 2.19. The van der Waals surface area contributed by atoms with Gasteiger partial charge in [-0.2, -0.15) is 0 Å². The van der Waals surface area contributed by atoms with Gasteiger partial charge in [0.05, 0.1) is 5.69 Å². The van der Waals surface area contributed by atoms with Crippen LogP contribution in [0.25, 0.3) is 0 Å². The standard InChI is InChI=1S/C13H17ClFN/c1-10-3-2-6-16(9-10)13-5-4-11(8-14)7-12(13)15/h4-5,7,10H,2-3,6,8-9H2,1H3. The lowest BCUT2D eigenvalue weighted by Gasteiger charge is -2.33. The van der Waals surface area contributed by atoms with E-state index in [0.29, 0.717) is 11.8 Å². The fraction of sp³-hybridized carbons (Fsp3) is 0.538. The molecule has 0 saturated carbocycles. The van der Waals surface area contributed by atoms with Gasteiger partial charge in [0.2, 0.25) is 0 Å². The summed E-state index contributed by atoms with van der Waals surface area (Å²) in [5.41, 5.74) is 1.56. The van der Waals surface area contributed by atoms with Gasteiger partial charge >= 0.3 is 0 Å². The molecule has 1 aliphatic heterocycles. The van der Waals surface area contributed by atoms with Crippen LogP contribution in [0.15, 0.2) is 18.2 Å². The second kappa shape index (κ2) is 5.05. The summed E-state index contributed by atoms with van der Waals surface area (Å²) in [5, 5.41) is 0. The number of anilines is 1. The highest BCUT2D eigenvalue weighted by molar-refractivity contribution is 6.17. The number of benzene rings is 1. The fourth-order valence-corrected chi connectivity index (χ4v) is 2.46. The van der Waals surface area contributed by atoms with E-state index in [1.807, 2.05) is 12.1 Å². The minimum atomic E-state index is -0.146. The lowest BCUT2D eigenvalue weighted by atomic mass is 9.99. The van der Waals surface area contributed by atoms with Crippen LogP contribution in [0, 0.1) is 11.7 Å². The Kier molecular flexibility index (Phi) is 3.70. The highest BCUT2D eigenvalue weighted by Crippen LogP contribution is 2.26. The van der Waals surface area contributed by atoms with E-state index in [4.69, 9.17) is 11.6 Å². The van der Waals surface area contributed by atoms with E-state index >= 15 is 0 Å². The highest BCUT2D eigenvalue weighted by Gasteiger charge is 2.19. The number of alkyl halides is 1. The van der Waals surface area contributed by atoms with Crippen LogP contribution in [0.4, 0.5) is 10.1 Å². The monoisotopic (exact) mass is 241 g/mol. The van der Waals surface area contributed by atoms with Gasteiger partial charge in [0.1, 0.15) is 5.82 Å². The number of halogens is 2. The molecule has 1 aromatic rings. The maximum absolute atomic E-state index is 13.8. The molecule has 1 nitrogen and oxygen atoms in total. The third-order valence-electron chi connectivity index (χ3n) is 3.16. The van der Waals surface area contributed by atoms with Gasteiger partial charge < -0.3 is 4.90 Å². The number of hydrogen-bond donors (Lipinski definition) is 0. The van der Waals surface area contributed by atoms with Crippen LogP contribution < -0.4 is 4.90 Å². The quantitative estimate of drug-likeness (QED) is 0.712. The predicted octanol–water partition coefficient (Wildman–Crippen LogP) is 3.80. The molecule has 0 spiro atoms. The van der Waals surface area contributed by atoms with Crippen LogP contribution in [-0.4, -0.2) is 13.1 Å². The normalized spacial score (nSPS) is 21.2. The lowest BCUT2D eigenvalue weighted by molar-refractivity contribution is 0.442. The predicted molar refractivity (Wildman–Crippen MR) is 66.6 cm³/mol. The van der Waals surface area contributed by atoms with Gasteiger partial charge in [-0.05, 0) is 36.5 Å². The number of hydrogen-bond acceptors (Lipinski definition) is 1. The highest BCUT2D eigenvalue weighted by atomic mass is 35.5. The Bertz CT molecular complexity index is 367. The molecule has 1 heterocycles. The fourth-order valence-electron chi connectivity index (χ4n) is 2.30. The summed E-state index contributed by atoms with van der Waals surface area (Å²) in [4.78, 5) is 2.14. The van der Waals surface area contributed by atoms with Crippen LogP contribution in [0.1, 0.15) is 25.3 Å². The molecule has 2 rings (SSSR count). The van der Waals surface area contributed by atoms with Crippen molar-refractivity contribution < 1.29 is 4.39 Å². The Morgan fingerprint density at radius 3 is 2.94 bits per heavy atom. The first-order chi connectivity index (χ1) is 7.70. The summed E-state index contributed by atoms with van der Waals surface area (Å²) < 4.78 is 13.8. The first kappa shape index (κ1) is 11.7. The van der Waals surface area contributed by atoms with Gasteiger partial charge in [-0.25, -0.2) is 4.39 Å². The molecule has 1 aliphatic rings. The first-order valence-corrected chi connectivity index (χ1v) is 6.33. The second-order valence-corrected chi connectivity index (χ2v) is 4.88. The molecular formula is C13H17ClFN. The van der Waals surface area contributed by atoms with E-state index in [2.05, 4.69) is 11.8 Å². The van der Waals surface area contributed by atoms with Crippen LogP contribution >= 0.6 is 11.6 Å². The molecule has 1 fully saturated rings. The summed E-state index contributed by atoms with van der Waals surface area (Å²) in [7, 11) is 0. The molecular weight excluding hydrogens is 225 g/mol. The van der Waals surface area contributed by atoms with Crippen LogP contribution in [0.2, 0.25) is 0 Å². The average Bonchev–Trinajstić information content (AvgIpc) is 2.28. The number of nitrogens with zero attached hydrogens (tertiary/aromatic N) is 1. The van der Waals surface area contributed by atoms with Crippen molar-refractivity contribution in [2.45, 2.75) is 25.6 Å². The molecule has 3 heteroatoms. The molecule has 1 unspecified atom stereocenters. The Hall–Kier alpha value is -0.760. The van der Waals surface area contributed by atoms with Gasteiger partial charge in [0.15, 0.2) is 0 Å². The van der Waals surface area contributed by atoms with Crippen molar-refractivity contribution in [3.05, 3.63) is 29.6 Å². The van der Waals surface area contributed by atoms with Crippen molar-refractivity contribution in [1.82, 2.24) is 0 Å². The topological polar surface area (TPSA) is 3.24 Å². The Morgan fingerprint density at radius 2 is 2.31 bits per heavy atom. The van der Waals surface area contributed by atoms with Gasteiger partial charge in [0.25, 0.3) is 0 Å². The van der Waals surface area contributed by atoms with E-state index in [9.17, 15) is 4.39 Å². The van der Waals surface area contributed by atoms with Crippen molar-refractivity contribution in [1.29, 1.82) is 0 Å². The Morgan fingerprint density at radius 1 is 1.50 bits per heavy atom. The molecule has 1 atom stereocenters. The largest absolute Gasteiger partial charge is 0.369 e. The van der Waals surface area contributed by atoms with Crippen molar-refractivity contribution in [3.63, 3.8) is 0 Å². The van der Waals surface area contributed by atoms with Crippen LogP contribution in [0.3, 0.4) is 0 Å². The van der Waals surface area contributed by atoms with Gasteiger partial charge in [-0.1, -0.05) is 13.0 Å². The number of rotatable bonds is 2. The lowest BCUT2D eigenvalue weighted by Crippen LogP contribution is -2.34. The average molecular weight is 242 g/mol.